The summed E-state index contributed by atoms with van der Waals surface area (Å²) in [5, 5.41) is 3.25. The first-order valence-electron chi connectivity index (χ1n) is 7.23. The highest BCUT2D eigenvalue weighted by molar-refractivity contribution is 6.62. The van der Waals surface area contributed by atoms with Gasteiger partial charge in [0.05, 0.1) is 11.2 Å². The Morgan fingerprint density at radius 2 is 1.55 bits per heavy atom. The molecule has 1 N–H and O–H groups in total. The van der Waals surface area contributed by atoms with Crippen molar-refractivity contribution >= 4 is 18.7 Å². The molecule has 0 amide bonds. The van der Waals surface area contributed by atoms with Gasteiger partial charge in [-0.3, -0.25) is 0 Å². The van der Waals surface area contributed by atoms with E-state index in [1.807, 2.05) is 0 Å². The average Bonchev–Trinajstić information content (AvgIpc) is 2.54. The van der Waals surface area contributed by atoms with Crippen molar-refractivity contribution in [3.8, 4) is 0 Å². The standard InChI is InChI=1S/C16H22BNO2/c1-15(2)16(3,4)20-17(19-15)14-7-5-12(6-8-14)9-13-10-18-11-13/h5-9,18H,10-11H2,1-4H3. The number of nitrogens with one attached hydrogen (secondary N) is 1. The Morgan fingerprint density at radius 1 is 1.00 bits per heavy atom. The minimum atomic E-state index is -0.282. The van der Waals surface area contributed by atoms with Gasteiger partial charge in [-0.15, -0.1) is 0 Å². The van der Waals surface area contributed by atoms with Crippen LogP contribution in [0.15, 0.2) is 29.8 Å². The molecule has 2 aliphatic rings. The molecule has 0 unspecified atom stereocenters. The Hall–Kier alpha value is -1.10. The predicted molar refractivity (Wildman–Crippen MR) is 83.0 cm³/mol. The van der Waals surface area contributed by atoms with E-state index in [4.69, 9.17) is 9.31 Å². The molecule has 1 aromatic rings. The third-order valence-corrected chi connectivity index (χ3v) is 4.54. The van der Waals surface area contributed by atoms with E-state index in [9.17, 15) is 0 Å². The zero-order valence-corrected chi connectivity index (χ0v) is 12.7. The van der Waals surface area contributed by atoms with E-state index in [-0.39, 0.29) is 18.3 Å². The second kappa shape index (κ2) is 4.73. The highest BCUT2D eigenvalue weighted by Crippen LogP contribution is 2.36. The maximum atomic E-state index is 6.06. The summed E-state index contributed by atoms with van der Waals surface area (Å²) in [6.07, 6.45) is 2.24. The molecule has 20 heavy (non-hydrogen) atoms. The zero-order valence-electron chi connectivity index (χ0n) is 12.7. The fourth-order valence-corrected chi connectivity index (χ4v) is 2.34. The van der Waals surface area contributed by atoms with Gasteiger partial charge in [-0.1, -0.05) is 30.3 Å². The van der Waals surface area contributed by atoms with E-state index < -0.39 is 0 Å². The smallest absolute Gasteiger partial charge is 0.399 e. The third-order valence-electron chi connectivity index (χ3n) is 4.54. The van der Waals surface area contributed by atoms with E-state index in [2.05, 4.69) is 63.4 Å². The van der Waals surface area contributed by atoms with Crippen molar-refractivity contribution in [1.29, 1.82) is 0 Å². The van der Waals surface area contributed by atoms with Gasteiger partial charge in [0.1, 0.15) is 0 Å². The molecule has 0 atom stereocenters. The van der Waals surface area contributed by atoms with Crippen molar-refractivity contribution in [2.75, 3.05) is 13.1 Å². The van der Waals surface area contributed by atoms with Crippen LogP contribution in [0.25, 0.3) is 6.08 Å². The van der Waals surface area contributed by atoms with E-state index in [1.165, 1.54) is 11.1 Å². The Balaban J connectivity index is 1.76. The Labute approximate surface area is 121 Å². The van der Waals surface area contributed by atoms with E-state index >= 15 is 0 Å². The molecule has 0 aliphatic carbocycles. The van der Waals surface area contributed by atoms with Crippen LogP contribution in [0.4, 0.5) is 0 Å². The molecule has 4 heteroatoms. The molecule has 0 aromatic heterocycles. The van der Waals surface area contributed by atoms with Crippen molar-refractivity contribution in [3.05, 3.63) is 35.4 Å². The summed E-state index contributed by atoms with van der Waals surface area (Å²) in [6.45, 7) is 10.3. The van der Waals surface area contributed by atoms with Gasteiger partial charge in [-0.25, -0.2) is 0 Å². The Bertz CT molecular complexity index is 512. The number of benzene rings is 1. The molecular formula is C16H22BNO2. The first-order chi connectivity index (χ1) is 9.37. The number of hydrogen-bond acceptors (Lipinski definition) is 3. The Kier molecular flexibility index (Phi) is 3.28. The largest absolute Gasteiger partial charge is 0.494 e. The highest BCUT2D eigenvalue weighted by atomic mass is 16.7. The first-order valence-corrected chi connectivity index (χ1v) is 7.23. The maximum Gasteiger partial charge on any atom is 0.494 e. The fourth-order valence-electron chi connectivity index (χ4n) is 2.34. The molecule has 2 heterocycles. The van der Waals surface area contributed by atoms with Crippen LogP contribution in [0, 0.1) is 0 Å². The predicted octanol–water partition coefficient (Wildman–Crippen LogP) is 1.97. The fraction of sp³-hybridized carbons (Fsp3) is 0.500. The lowest BCUT2D eigenvalue weighted by molar-refractivity contribution is 0.00578. The summed E-state index contributed by atoms with van der Waals surface area (Å²) in [7, 11) is -0.271. The van der Waals surface area contributed by atoms with Crippen LogP contribution in [0.5, 0.6) is 0 Å². The molecule has 0 radical (unpaired) electrons. The summed E-state index contributed by atoms with van der Waals surface area (Å²) in [6, 6.07) is 8.46. The molecule has 106 valence electrons. The second-order valence-corrected chi connectivity index (χ2v) is 6.66. The van der Waals surface area contributed by atoms with Gasteiger partial charge in [0.25, 0.3) is 0 Å². The van der Waals surface area contributed by atoms with Gasteiger partial charge in [0.15, 0.2) is 0 Å². The molecule has 0 spiro atoms. The van der Waals surface area contributed by atoms with Crippen LogP contribution < -0.4 is 10.8 Å². The minimum Gasteiger partial charge on any atom is -0.399 e. The number of hydrogen-bond donors (Lipinski definition) is 1. The lowest BCUT2D eigenvalue weighted by atomic mass is 9.79. The van der Waals surface area contributed by atoms with Gasteiger partial charge in [0, 0.05) is 13.1 Å². The molecule has 3 nitrogen and oxygen atoms in total. The van der Waals surface area contributed by atoms with Crippen LogP contribution in [-0.4, -0.2) is 31.4 Å². The van der Waals surface area contributed by atoms with Gasteiger partial charge in [0.2, 0.25) is 0 Å². The summed E-state index contributed by atoms with van der Waals surface area (Å²) >= 11 is 0. The second-order valence-electron chi connectivity index (χ2n) is 6.66. The van der Waals surface area contributed by atoms with Crippen LogP contribution in [0.3, 0.4) is 0 Å². The first kappa shape index (κ1) is 13.9. The summed E-state index contributed by atoms with van der Waals surface area (Å²) < 4.78 is 12.1. The van der Waals surface area contributed by atoms with E-state index in [1.54, 1.807) is 0 Å². The molecule has 1 aromatic carbocycles. The van der Waals surface area contributed by atoms with E-state index in [0.29, 0.717) is 0 Å². The quantitative estimate of drug-likeness (QED) is 0.834. The van der Waals surface area contributed by atoms with Crippen molar-refractivity contribution in [2.24, 2.45) is 0 Å². The lowest BCUT2D eigenvalue weighted by Gasteiger charge is -2.32. The van der Waals surface area contributed by atoms with Gasteiger partial charge >= 0.3 is 7.12 Å². The van der Waals surface area contributed by atoms with E-state index in [0.717, 1.165) is 18.6 Å². The maximum absolute atomic E-state index is 6.06. The molecular weight excluding hydrogens is 249 g/mol. The van der Waals surface area contributed by atoms with Gasteiger partial charge in [-0.2, -0.15) is 0 Å². The Morgan fingerprint density at radius 3 is 2.00 bits per heavy atom. The zero-order chi connectivity index (χ0) is 14.4. The van der Waals surface area contributed by atoms with Crippen molar-refractivity contribution in [1.82, 2.24) is 5.32 Å². The highest BCUT2D eigenvalue weighted by Gasteiger charge is 2.51. The lowest BCUT2D eigenvalue weighted by Crippen LogP contribution is -2.41. The van der Waals surface area contributed by atoms with Crippen LogP contribution in [0.2, 0.25) is 0 Å². The summed E-state index contributed by atoms with van der Waals surface area (Å²) in [5.74, 6) is 0. The molecule has 2 aliphatic heterocycles. The topological polar surface area (TPSA) is 30.5 Å². The molecule has 0 saturated carbocycles. The summed E-state index contributed by atoms with van der Waals surface area (Å²) in [5.41, 5.74) is 3.21. The van der Waals surface area contributed by atoms with Crippen LogP contribution in [0.1, 0.15) is 33.3 Å². The number of rotatable bonds is 2. The van der Waals surface area contributed by atoms with Gasteiger partial charge < -0.3 is 14.6 Å². The SMILES string of the molecule is CC1(C)OB(c2ccc(C=C3CNC3)cc2)OC1(C)C. The normalized spacial score (nSPS) is 23.6. The molecule has 0 bridgehead atoms. The van der Waals surface area contributed by atoms with Crippen LogP contribution >= 0.6 is 0 Å². The minimum absolute atomic E-state index is 0.271. The molecule has 3 rings (SSSR count). The molecule has 2 saturated heterocycles. The molecule has 2 fully saturated rings. The summed E-state index contributed by atoms with van der Waals surface area (Å²) in [4.78, 5) is 0. The van der Waals surface area contributed by atoms with Crippen molar-refractivity contribution in [3.63, 3.8) is 0 Å². The monoisotopic (exact) mass is 271 g/mol. The van der Waals surface area contributed by atoms with Gasteiger partial charge in [-0.05, 0) is 44.3 Å². The average molecular weight is 271 g/mol. The third kappa shape index (κ3) is 2.44. The van der Waals surface area contributed by atoms with Crippen molar-refractivity contribution in [2.45, 2.75) is 38.9 Å². The van der Waals surface area contributed by atoms with Crippen LogP contribution in [-0.2, 0) is 9.31 Å². The van der Waals surface area contributed by atoms with Crippen molar-refractivity contribution < 1.29 is 9.31 Å².